The van der Waals surface area contributed by atoms with Gasteiger partial charge in [-0.1, -0.05) is 23.3 Å². The first-order chi connectivity index (χ1) is 29.1. The minimum atomic E-state index is -0.0613. The van der Waals surface area contributed by atoms with Crippen molar-refractivity contribution < 1.29 is 9.59 Å². The summed E-state index contributed by atoms with van der Waals surface area (Å²) in [6, 6.07) is 24.3. The van der Waals surface area contributed by atoms with Gasteiger partial charge in [0.25, 0.3) is 11.8 Å². The molecule has 6 N–H and O–H groups in total. The molecule has 0 aliphatic rings. The van der Waals surface area contributed by atoms with Crippen LogP contribution < -0.4 is 31.9 Å². The first kappa shape index (κ1) is 44.2. The highest BCUT2D eigenvalue weighted by molar-refractivity contribution is 6.11. The number of benzene rings is 4. The average molecular weight is 813 g/mol. The molecule has 0 radical (unpaired) electrons. The highest BCUT2D eigenvalue weighted by atomic mass is 16.2. The third-order valence-corrected chi connectivity index (χ3v) is 10.7. The van der Waals surface area contributed by atoms with Gasteiger partial charge < -0.3 is 41.7 Å². The van der Waals surface area contributed by atoms with E-state index < -0.39 is 0 Å². The Kier molecular flexibility index (Phi) is 16.0. The fraction of sp³-hybridized carbons (Fsp3) is 0.417. The Bertz CT molecular complexity index is 2230. The van der Waals surface area contributed by atoms with E-state index in [1.165, 1.54) is 11.1 Å². The van der Waals surface area contributed by atoms with E-state index in [2.05, 4.69) is 91.9 Å². The van der Waals surface area contributed by atoms with Crippen molar-refractivity contribution in [3.8, 4) is 0 Å². The SMILES string of the molecule is Cc1ccc2nc3ccc(C(=O)NCCCN(C)C)cc3c(NCCCNCCNCCCNc3c4cc(C)ccc4nc4ccc(C(=O)NCCCN(C)C)cc34)c2c1. The Hall–Kier alpha value is -5.40. The number of aryl methyl sites for hydroxylation is 2. The molecule has 12 heteroatoms. The molecule has 0 unspecified atom stereocenters. The van der Waals surface area contributed by atoms with E-state index in [4.69, 9.17) is 9.97 Å². The predicted octanol–water partition coefficient (Wildman–Crippen LogP) is 6.55. The molecule has 2 heterocycles. The molecule has 0 bridgehead atoms. The first-order valence-corrected chi connectivity index (χ1v) is 21.5. The largest absolute Gasteiger partial charge is 0.384 e. The van der Waals surface area contributed by atoms with E-state index in [0.29, 0.717) is 24.2 Å². The van der Waals surface area contributed by atoms with Crippen molar-refractivity contribution in [1.82, 2.24) is 41.0 Å². The number of nitrogens with one attached hydrogen (secondary N) is 6. The van der Waals surface area contributed by atoms with Gasteiger partial charge >= 0.3 is 0 Å². The maximum absolute atomic E-state index is 13.1. The van der Waals surface area contributed by atoms with E-state index in [-0.39, 0.29) is 11.8 Å². The summed E-state index contributed by atoms with van der Waals surface area (Å²) in [6.07, 6.45) is 3.69. The van der Waals surface area contributed by atoms with E-state index in [0.717, 1.165) is 133 Å². The van der Waals surface area contributed by atoms with Crippen LogP contribution in [-0.2, 0) is 0 Å². The minimum Gasteiger partial charge on any atom is -0.384 e. The number of hydrogen-bond donors (Lipinski definition) is 6. The third kappa shape index (κ3) is 12.1. The standard InChI is InChI=1S/C48H64N10O2/c1-33-11-15-41-37(29-33)45(39-31-35(13-17-43(39)55-41)47(59)53-23-9-27-57(3)4)51-21-7-19-49-25-26-50-20-8-22-52-46-38-30-34(2)12-16-42(38)56-44-18-14-36(32-40(44)46)48(60)54-24-10-28-58(5)6/h11-18,29-32,49-50H,7-10,19-28H2,1-6H3,(H,51,55)(H,52,56)(H,53,59)(H,54,60). The first-order valence-electron chi connectivity index (χ1n) is 21.5. The highest BCUT2D eigenvalue weighted by Crippen LogP contribution is 2.33. The number of aromatic nitrogens is 2. The third-order valence-electron chi connectivity index (χ3n) is 10.7. The molecule has 2 amide bonds. The van der Waals surface area contributed by atoms with E-state index in [1.807, 2.05) is 64.6 Å². The molecule has 0 fully saturated rings. The molecule has 6 rings (SSSR count). The summed E-state index contributed by atoms with van der Waals surface area (Å²) in [5, 5.41) is 24.8. The highest BCUT2D eigenvalue weighted by Gasteiger charge is 2.15. The van der Waals surface area contributed by atoms with Crippen molar-refractivity contribution in [2.24, 2.45) is 0 Å². The summed E-state index contributed by atoms with van der Waals surface area (Å²) >= 11 is 0. The summed E-state index contributed by atoms with van der Waals surface area (Å²) in [4.78, 5) is 40.2. The van der Waals surface area contributed by atoms with Gasteiger partial charge in [-0.05, 0) is 155 Å². The summed E-state index contributed by atoms with van der Waals surface area (Å²) in [7, 11) is 8.16. The van der Waals surface area contributed by atoms with Crippen molar-refractivity contribution in [3.05, 3.63) is 95.1 Å². The number of pyridine rings is 2. The Morgan fingerprint density at radius 1 is 0.467 bits per heavy atom. The van der Waals surface area contributed by atoms with Gasteiger partial charge in [0, 0.05) is 71.9 Å². The van der Waals surface area contributed by atoms with Gasteiger partial charge in [0.05, 0.1) is 33.4 Å². The van der Waals surface area contributed by atoms with E-state index >= 15 is 0 Å². The molecular formula is C48H64N10O2. The second-order valence-corrected chi connectivity index (χ2v) is 16.4. The number of nitrogens with zero attached hydrogens (tertiary/aromatic N) is 4. The maximum Gasteiger partial charge on any atom is 0.251 e. The number of rotatable bonds is 23. The number of carbonyl (C=O) groups excluding carboxylic acids is 2. The van der Waals surface area contributed by atoms with Crippen LogP contribution in [0.3, 0.4) is 0 Å². The molecule has 318 valence electrons. The Balaban J connectivity index is 0.964. The average Bonchev–Trinajstić information content (AvgIpc) is 3.23. The molecule has 0 aliphatic heterocycles. The maximum atomic E-state index is 13.1. The van der Waals surface area contributed by atoms with E-state index in [1.54, 1.807) is 0 Å². The van der Waals surface area contributed by atoms with Gasteiger partial charge in [0.1, 0.15) is 0 Å². The second kappa shape index (κ2) is 21.7. The zero-order chi connectivity index (χ0) is 42.4. The van der Waals surface area contributed by atoms with Crippen molar-refractivity contribution in [1.29, 1.82) is 0 Å². The van der Waals surface area contributed by atoms with Gasteiger partial charge in [-0.25, -0.2) is 9.97 Å². The van der Waals surface area contributed by atoms with Crippen LogP contribution in [0.25, 0.3) is 43.6 Å². The predicted molar refractivity (Wildman–Crippen MR) is 251 cm³/mol. The molecule has 12 nitrogen and oxygen atoms in total. The molecule has 0 spiro atoms. The van der Waals surface area contributed by atoms with Crippen molar-refractivity contribution >= 4 is 66.8 Å². The molecule has 0 saturated heterocycles. The van der Waals surface area contributed by atoms with Gasteiger partial charge in [-0.3, -0.25) is 9.59 Å². The van der Waals surface area contributed by atoms with Crippen molar-refractivity contribution in [3.63, 3.8) is 0 Å². The van der Waals surface area contributed by atoms with Crippen LogP contribution in [0.4, 0.5) is 11.4 Å². The molecule has 60 heavy (non-hydrogen) atoms. The molecular weight excluding hydrogens is 749 g/mol. The normalized spacial score (nSPS) is 11.7. The summed E-state index contributed by atoms with van der Waals surface area (Å²) in [5.41, 5.74) is 9.29. The minimum absolute atomic E-state index is 0.0613. The summed E-state index contributed by atoms with van der Waals surface area (Å²) in [5.74, 6) is -0.123. The Morgan fingerprint density at radius 2 is 0.850 bits per heavy atom. The fourth-order valence-corrected chi connectivity index (χ4v) is 7.45. The topological polar surface area (TPSA) is 139 Å². The van der Waals surface area contributed by atoms with Crippen LogP contribution in [-0.4, -0.2) is 125 Å². The summed E-state index contributed by atoms with van der Waals surface area (Å²) in [6.45, 7) is 12.4. The van der Waals surface area contributed by atoms with Crippen molar-refractivity contribution in [2.75, 3.05) is 104 Å². The lowest BCUT2D eigenvalue weighted by molar-refractivity contribution is 0.0944. The second-order valence-electron chi connectivity index (χ2n) is 16.4. The lowest BCUT2D eigenvalue weighted by Crippen LogP contribution is -2.29. The quantitative estimate of drug-likeness (QED) is 0.0312. The molecule has 0 saturated carbocycles. The van der Waals surface area contributed by atoms with Gasteiger partial charge in [0.2, 0.25) is 0 Å². The monoisotopic (exact) mass is 813 g/mol. The van der Waals surface area contributed by atoms with Crippen LogP contribution in [0.2, 0.25) is 0 Å². The van der Waals surface area contributed by atoms with Crippen molar-refractivity contribution in [2.45, 2.75) is 39.5 Å². The molecule has 0 atom stereocenters. The lowest BCUT2D eigenvalue weighted by atomic mass is 10.0. The number of hydrogen-bond acceptors (Lipinski definition) is 10. The zero-order valence-electron chi connectivity index (χ0n) is 36.4. The fourth-order valence-electron chi connectivity index (χ4n) is 7.45. The van der Waals surface area contributed by atoms with Crippen LogP contribution in [0.15, 0.2) is 72.8 Å². The molecule has 2 aromatic heterocycles. The molecule has 6 aromatic rings. The molecule has 0 aliphatic carbocycles. The Labute approximate surface area is 355 Å². The zero-order valence-corrected chi connectivity index (χ0v) is 36.4. The number of amides is 2. The molecule has 4 aromatic carbocycles. The van der Waals surface area contributed by atoms with Gasteiger partial charge in [0.15, 0.2) is 0 Å². The summed E-state index contributed by atoms with van der Waals surface area (Å²) < 4.78 is 0. The van der Waals surface area contributed by atoms with Crippen LogP contribution in [0.1, 0.15) is 57.5 Å². The van der Waals surface area contributed by atoms with Crippen LogP contribution in [0, 0.1) is 13.8 Å². The number of anilines is 2. The van der Waals surface area contributed by atoms with Crippen LogP contribution in [0.5, 0.6) is 0 Å². The number of fused-ring (bicyclic) bond motifs is 4. The van der Waals surface area contributed by atoms with Crippen LogP contribution >= 0.6 is 0 Å². The Morgan fingerprint density at radius 3 is 1.25 bits per heavy atom. The lowest BCUT2D eigenvalue weighted by Gasteiger charge is -2.15. The van der Waals surface area contributed by atoms with E-state index in [9.17, 15) is 9.59 Å². The van der Waals surface area contributed by atoms with Gasteiger partial charge in [-0.2, -0.15) is 0 Å². The smallest absolute Gasteiger partial charge is 0.251 e. The number of carbonyl (C=O) groups is 2. The van der Waals surface area contributed by atoms with Gasteiger partial charge in [-0.15, -0.1) is 0 Å².